The first-order valence-corrected chi connectivity index (χ1v) is 7.20. The molecule has 104 valence electrons. The Kier molecular flexibility index (Phi) is 4.56. The third kappa shape index (κ3) is 3.08. The predicted molar refractivity (Wildman–Crippen MR) is 81.1 cm³/mol. The molecule has 20 heavy (non-hydrogen) atoms. The van der Waals surface area contributed by atoms with Crippen molar-refractivity contribution in [1.29, 1.82) is 0 Å². The van der Waals surface area contributed by atoms with Crippen molar-refractivity contribution in [2.45, 2.75) is 6.54 Å². The minimum Gasteiger partial charge on any atom is -0.266 e. The highest BCUT2D eigenvalue weighted by atomic mass is 79.9. The van der Waals surface area contributed by atoms with Crippen LogP contribution in [0.5, 0.6) is 0 Å². The Morgan fingerprint density at radius 1 is 1.40 bits per heavy atom. The molecule has 0 radical (unpaired) electrons. The fraction of sp³-hybridized carbons (Fsp3) is 0.0909. The summed E-state index contributed by atoms with van der Waals surface area (Å²) in [6, 6.07) is 4.28. The Labute approximate surface area is 134 Å². The smallest absolute Gasteiger partial charge is 0.266 e. The van der Waals surface area contributed by atoms with E-state index in [2.05, 4.69) is 37.0 Å². The first kappa shape index (κ1) is 15.1. The molecule has 0 aliphatic carbocycles. The summed E-state index contributed by atoms with van der Waals surface area (Å²) in [4.78, 5) is 22.4. The number of hydrogen-bond acceptors (Lipinski definition) is 4. The van der Waals surface area contributed by atoms with E-state index in [9.17, 15) is 14.9 Å². The summed E-state index contributed by atoms with van der Waals surface area (Å²) in [7, 11) is 0. The van der Waals surface area contributed by atoms with Crippen LogP contribution in [0.4, 0.5) is 5.69 Å². The number of nitrogens with zero attached hydrogens (tertiary/aromatic N) is 3. The van der Waals surface area contributed by atoms with E-state index in [1.165, 1.54) is 24.4 Å². The van der Waals surface area contributed by atoms with Crippen molar-refractivity contribution < 1.29 is 4.92 Å². The Hall–Kier alpha value is -1.25. The molecule has 0 saturated heterocycles. The van der Waals surface area contributed by atoms with Crippen molar-refractivity contribution in [2.24, 2.45) is 0 Å². The molecule has 0 aliphatic rings. The van der Waals surface area contributed by atoms with Gasteiger partial charge in [-0.05, 0) is 44.0 Å². The molecule has 6 nitrogen and oxygen atoms in total. The fourth-order valence-corrected chi connectivity index (χ4v) is 2.29. The number of benzene rings is 1. The highest BCUT2D eigenvalue weighted by molar-refractivity contribution is 9.13. The highest BCUT2D eigenvalue weighted by Crippen LogP contribution is 2.24. The van der Waals surface area contributed by atoms with E-state index in [0.29, 0.717) is 14.5 Å². The normalized spacial score (nSPS) is 10.6. The van der Waals surface area contributed by atoms with E-state index >= 15 is 0 Å². The van der Waals surface area contributed by atoms with E-state index in [1.54, 1.807) is 0 Å². The molecule has 0 spiro atoms. The van der Waals surface area contributed by atoms with Crippen LogP contribution in [-0.4, -0.2) is 14.7 Å². The molecule has 0 saturated carbocycles. The van der Waals surface area contributed by atoms with E-state index in [-0.39, 0.29) is 22.8 Å². The summed E-state index contributed by atoms with van der Waals surface area (Å²) >= 11 is 12.0. The third-order valence-corrected chi connectivity index (χ3v) is 4.64. The van der Waals surface area contributed by atoms with Crippen LogP contribution in [0, 0.1) is 10.1 Å². The second-order valence-electron chi connectivity index (χ2n) is 3.80. The maximum atomic E-state index is 12.0. The zero-order valence-corrected chi connectivity index (χ0v) is 13.6. The lowest BCUT2D eigenvalue weighted by Crippen LogP contribution is -2.24. The molecular formula is C11H6Br2ClN3O3. The van der Waals surface area contributed by atoms with E-state index in [1.807, 2.05) is 0 Å². The molecule has 0 unspecified atom stereocenters. The van der Waals surface area contributed by atoms with Gasteiger partial charge in [0.2, 0.25) is 0 Å². The SMILES string of the molecule is O=c1c(Br)c(Br)cnn1Cc1ccc(Cl)cc1[N+](=O)[O-]. The summed E-state index contributed by atoms with van der Waals surface area (Å²) in [5.74, 6) is 0. The largest absolute Gasteiger partial charge is 0.282 e. The molecule has 2 aromatic rings. The van der Waals surface area contributed by atoms with Gasteiger partial charge >= 0.3 is 0 Å². The second kappa shape index (κ2) is 6.02. The van der Waals surface area contributed by atoms with Gasteiger partial charge in [0.1, 0.15) is 4.47 Å². The number of nitro groups is 1. The molecule has 0 aliphatic heterocycles. The Morgan fingerprint density at radius 3 is 2.75 bits per heavy atom. The van der Waals surface area contributed by atoms with Crippen molar-refractivity contribution in [3.8, 4) is 0 Å². The van der Waals surface area contributed by atoms with Gasteiger partial charge in [-0.2, -0.15) is 5.10 Å². The standard InChI is InChI=1S/C11H6Br2ClN3O3/c12-8-4-15-16(11(18)10(8)13)5-6-1-2-7(14)3-9(6)17(19)20/h1-4H,5H2. The van der Waals surface area contributed by atoms with Crippen LogP contribution >= 0.6 is 43.5 Å². The fourth-order valence-electron chi connectivity index (χ4n) is 1.56. The van der Waals surface area contributed by atoms with Crippen LogP contribution in [0.15, 0.2) is 38.1 Å². The highest BCUT2D eigenvalue weighted by Gasteiger charge is 2.16. The van der Waals surface area contributed by atoms with Gasteiger partial charge in [-0.15, -0.1) is 0 Å². The maximum Gasteiger partial charge on any atom is 0.282 e. The van der Waals surface area contributed by atoms with Gasteiger partial charge < -0.3 is 0 Å². The zero-order chi connectivity index (χ0) is 14.9. The Balaban J connectivity index is 2.48. The summed E-state index contributed by atoms with van der Waals surface area (Å²) in [6.45, 7) is -0.0157. The zero-order valence-electron chi connectivity index (χ0n) is 9.72. The van der Waals surface area contributed by atoms with Crippen molar-refractivity contribution in [1.82, 2.24) is 9.78 Å². The quantitative estimate of drug-likeness (QED) is 0.560. The number of rotatable bonds is 3. The van der Waals surface area contributed by atoms with Crippen LogP contribution in [0.25, 0.3) is 0 Å². The van der Waals surface area contributed by atoms with Crippen molar-refractivity contribution >= 4 is 49.1 Å². The first-order chi connectivity index (χ1) is 9.40. The molecular weight excluding hydrogens is 417 g/mol. The molecule has 0 atom stereocenters. The molecule has 1 aromatic heterocycles. The summed E-state index contributed by atoms with van der Waals surface area (Å²) < 4.78 is 1.96. The molecule has 1 aromatic carbocycles. The molecule has 0 N–H and O–H groups in total. The van der Waals surface area contributed by atoms with Gasteiger partial charge in [-0.1, -0.05) is 11.6 Å². The molecule has 9 heteroatoms. The van der Waals surface area contributed by atoms with Crippen molar-refractivity contribution in [2.75, 3.05) is 0 Å². The van der Waals surface area contributed by atoms with Gasteiger partial charge in [0.25, 0.3) is 11.2 Å². The lowest BCUT2D eigenvalue weighted by atomic mass is 10.2. The van der Waals surface area contributed by atoms with Gasteiger partial charge in [0.15, 0.2) is 0 Å². The molecule has 0 bridgehead atoms. The summed E-state index contributed by atoms with van der Waals surface area (Å²) in [5, 5.41) is 15.2. The van der Waals surface area contributed by atoms with E-state index in [4.69, 9.17) is 11.6 Å². The summed E-state index contributed by atoms with van der Waals surface area (Å²) in [5.41, 5.74) is -0.183. The summed E-state index contributed by atoms with van der Waals surface area (Å²) in [6.07, 6.45) is 1.44. The molecule has 0 fully saturated rings. The average Bonchev–Trinajstić information content (AvgIpc) is 2.41. The van der Waals surface area contributed by atoms with Crippen LogP contribution in [0.3, 0.4) is 0 Å². The molecule has 0 amide bonds. The van der Waals surface area contributed by atoms with E-state index < -0.39 is 4.92 Å². The third-order valence-electron chi connectivity index (χ3n) is 2.51. The van der Waals surface area contributed by atoms with Gasteiger partial charge in [-0.25, -0.2) is 4.68 Å². The number of hydrogen-bond donors (Lipinski definition) is 0. The molecule has 1 heterocycles. The Morgan fingerprint density at radius 2 is 2.10 bits per heavy atom. The molecule has 2 rings (SSSR count). The van der Waals surface area contributed by atoms with E-state index in [0.717, 1.165) is 4.68 Å². The van der Waals surface area contributed by atoms with Gasteiger partial charge in [0.05, 0.1) is 27.7 Å². The maximum absolute atomic E-state index is 12.0. The number of nitro benzene ring substituents is 1. The minimum atomic E-state index is -0.542. The monoisotopic (exact) mass is 421 g/mol. The second-order valence-corrected chi connectivity index (χ2v) is 5.88. The predicted octanol–water partition coefficient (Wildman–Crippen LogP) is 3.38. The van der Waals surface area contributed by atoms with Crippen LogP contribution in [-0.2, 0) is 6.54 Å². The first-order valence-electron chi connectivity index (χ1n) is 5.24. The van der Waals surface area contributed by atoms with Crippen molar-refractivity contribution in [3.05, 3.63) is 64.4 Å². The van der Waals surface area contributed by atoms with Crippen LogP contribution < -0.4 is 5.56 Å². The van der Waals surface area contributed by atoms with Gasteiger partial charge in [0, 0.05) is 11.1 Å². The minimum absolute atomic E-state index is 0.0157. The van der Waals surface area contributed by atoms with Gasteiger partial charge in [-0.3, -0.25) is 14.9 Å². The number of aromatic nitrogens is 2. The van der Waals surface area contributed by atoms with Crippen LogP contribution in [0.2, 0.25) is 5.02 Å². The van der Waals surface area contributed by atoms with Crippen molar-refractivity contribution in [3.63, 3.8) is 0 Å². The lowest BCUT2D eigenvalue weighted by Gasteiger charge is -2.07. The Bertz CT molecular complexity index is 748. The number of halogens is 3. The van der Waals surface area contributed by atoms with Crippen LogP contribution in [0.1, 0.15) is 5.56 Å². The lowest BCUT2D eigenvalue weighted by molar-refractivity contribution is -0.385. The topological polar surface area (TPSA) is 78.0 Å². The average molecular weight is 423 g/mol.